The fraction of sp³-hybridized carbons (Fsp3) is 0.208. The number of rotatable bonds is 6. The Kier molecular flexibility index (Phi) is 5.13. The molecule has 1 amide bonds. The van der Waals surface area contributed by atoms with Crippen molar-refractivity contribution in [2.75, 3.05) is 6.54 Å². The average molecular weight is 372 g/mol. The molecule has 1 heterocycles. The number of furan rings is 1. The summed E-state index contributed by atoms with van der Waals surface area (Å²) in [6.07, 6.45) is 0. The first kappa shape index (κ1) is 18.3. The van der Waals surface area contributed by atoms with Crippen molar-refractivity contribution in [3.8, 4) is 0 Å². The van der Waals surface area contributed by atoms with E-state index >= 15 is 0 Å². The lowest BCUT2D eigenvalue weighted by molar-refractivity contribution is -0.121. The van der Waals surface area contributed by atoms with E-state index in [2.05, 4.69) is 47.9 Å². The van der Waals surface area contributed by atoms with Gasteiger partial charge in [-0.3, -0.25) is 4.79 Å². The third-order valence-electron chi connectivity index (χ3n) is 5.11. The second-order valence-electron chi connectivity index (χ2n) is 7.15. The maximum atomic E-state index is 12.4. The molecule has 0 radical (unpaired) electrons. The average Bonchev–Trinajstić information content (AvgIpc) is 3.16. The lowest BCUT2D eigenvalue weighted by atomic mass is 10.00. The second-order valence-corrected chi connectivity index (χ2v) is 7.15. The minimum absolute atomic E-state index is 0.0555. The largest absolute Gasteiger partial charge is 0.459 e. The van der Waals surface area contributed by atoms with E-state index in [-0.39, 0.29) is 24.5 Å². The van der Waals surface area contributed by atoms with Gasteiger partial charge in [0.2, 0.25) is 5.91 Å². The lowest BCUT2D eigenvalue weighted by Crippen LogP contribution is -2.36. The van der Waals surface area contributed by atoms with Crippen molar-refractivity contribution in [1.82, 2.24) is 10.6 Å². The Morgan fingerprint density at radius 2 is 1.61 bits per heavy atom. The summed E-state index contributed by atoms with van der Waals surface area (Å²) in [4.78, 5) is 12.4. The van der Waals surface area contributed by atoms with Crippen LogP contribution in [0.5, 0.6) is 0 Å². The molecule has 142 valence electrons. The Labute approximate surface area is 164 Å². The predicted octanol–water partition coefficient (Wildman–Crippen LogP) is 5.11. The van der Waals surface area contributed by atoms with Crippen LogP contribution in [0.3, 0.4) is 0 Å². The van der Waals surface area contributed by atoms with Crippen LogP contribution >= 0.6 is 0 Å². The van der Waals surface area contributed by atoms with Gasteiger partial charge in [-0.15, -0.1) is 0 Å². The van der Waals surface area contributed by atoms with Crippen molar-refractivity contribution in [3.05, 3.63) is 84.1 Å². The van der Waals surface area contributed by atoms with Gasteiger partial charge in [-0.25, -0.2) is 0 Å². The van der Waals surface area contributed by atoms with Crippen LogP contribution < -0.4 is 10.6 Å². The predicted molar refractivity (Wildman–Crippen MR) is 113 cm³/mol. The van der Waals surface area contributed by atoms with Crippen molar-refractivity contribution in [2.45, 2.75) is 25.9 Å². The molecule has 2 N–H and O–H groups in total. The summed E-state index contributed by atoms with van der Waals surface area (Å²) in [7, 11) is 0. The third-order valence-corrected chi connectivity index (χ3v) is 5.11. The zero-order valence-corrected chi connectivity index (χ0v) is 16.1. The number of fused-ring (bicyclic) bond motifs is 2. The molecular weight excluding hydrogens is 348 g/mol. The van der Waals surface area contributed by atoms with Gasteiger partial charge in [-0.1, -0.05) is 60.7 Å². The molecule has 4 heteroatoms. The summed E-state index contributed by atoms with van der Waals surface area (Å²) < 4.78 is 5.84. The summed E-state index contributed by atoms with van der Waals surface area (Å²) >= 11 is 0. The van der Waals surface area contributed by atoms with E-state index < -0.39 is 0 Å². The van der Waals surface area contributed by atoms with Gasteiger partial charge >= 0.3 is 0 Å². The first-order valence-electron chi connectivity index (χ1n) is 9.60. The van der Waals surface area contributed by atoms with E-state index in [1.807, 2.05) is 49.4 Å². The van der Waals surface area contributed by atoms with Gasteiger partial charge in [-0.05, 0) is 42.3 Å². The summed E-state index contributed by atoms with van der Waals surface area (Å²) in [5.74, 6) is 0.705. The lowest BCUT2D eigenvalue weighted by Gasteiger charge is -2.17. The van der Waals surface area contributed by atoms with E-state index in [0.29, 0.717) is 0 Å². The molecule has 0 unspecified atom stereocenters. The molecule has 3 aromatic carbocycles. The molecule has 2 atom stereocenters. The maximum absolute atomic E-state index is 12.4. The fourth-order valence-corrected chi connectivity index (χ4v) is 3.56. The van der Waals surface area contributed by atoms with Crippen LogP contribution in [0.25, 0.3) is 21.7 Å². The van der Waals surface area contributed by atoms with Gasteiger partial charge in [0.25, 0.3) is 0 Å². The third kappa shape index (κ3) is 3.78. The molecule has 0 bridgehead atoms. The number of carbonyl (C=O) groups is 1. The molecule has 1 aromatic heterocycles. The van der Waals surface area contributed by atoms with E-state index in [1.54, 1.807) is 0 Å². The van der Waals surface area contributed by atoms with Crippen molar-refractivity contribution in [2.24, 2.45) is 0 Å². The molecule has 4 rings (SSSR count). The van der Waals surface area contributed by atoms with E-state index in [1.165, 1.54) is 16.3 Å². The molecular formula is C24H24N2O2. The highest BCUT2D eigenvalue weighted by Crippen LogP contribution is 2.25. The van der Waals surface area contributed by atoms with Crippen molar-refractivity contribution in [1.29, 1.82) is 0 Å². The Morgan fingerprint density at radius 3 is 2.43 bits per heavy atom. The maximum Gasteiger partial charge on any atom is 0.234 e. The highest BCUT2D eigenvalue weighted by atomic mass is 16.3. The van der Waals surface area contributed by atoms with Gasteiger partial charge in [0.1, 0.15) is 11.3 Å². The topological polar surface area (TPSA) is 54.3 Å². The molecule has 0 aliphatic heterocycles. The van der Waals surface area contributed by atoms with Gasteiger partial charge < -0.3 is 15.1 Å². The molecule has 4 nitrogen and oxygen atoms in total. The minimum atomic E-state index is -0.186. The van der Waals surface area contributed by atoms with Gasteiger partial charge in [0.15, 0.2) is 0 Å². The van der Waals surface area contributed by atoms with Crippen LogP contribution in [0, 0.1) is 0 Å². The summed E-state index contributed by atoms with van der Waals surface area (Å²) in [5, 5.41) is 9.79. The van der Waals surface area contributed by atoms with Crippen LogP contribution in [-0.4, -0.2) is 12.5 Å². The molecule has 28 heavy (non-hydrogen) atoms. The minimum Gasteiger partial charge on any atom is -0.459 e. The van der Waals surface area contributed by atoms with Crippen molar-refractivity contribution in [3.63, 3.8) is 0 Å². The Morgan fingerprint density at radius 1 is 0.893 bits per heavy atom. The molecule has 0 aliphatic rings. The van der Waals surface area contributed by atoms with E-state index in [4.69, 9.17) is 4.42 Å². The van der Waals surface area contributed by atoms with Gasteiger partial charge in [-0.2, -0.15) is 0 Å². The quantitative estimate of drug-likeness (QED) is 0.494. The zero-order valence-electron chi connectivity index (χ0n) is 16.1. The standard InChI is InChI=1S/C24H24N2O2/c1-16(20-12-7-10-18-8-3-5-11-21(18)20)25-15-24(27)26-17(2)23-14-19-9-4-6-13-22(19)28-23/h3-14,16-17,25H,15H2,1-2H3,(H,26,27)/t16-,17+/m1/s1. The van der Waals surface area contributed by atoms with Crippen LogP contribution in [0.2, 0.25) is 0 Å². The summed E-state index contributed by atoms with van der Waals surface area (Å²) in [6, 6.07) is 24.3. The van der Waals surface area contributed by atoms with E-state index in [0.717, 1.165) is 16.7 Å². The Balaban J connectivity index is 1.38. The van der Waals surface area contributed by atoms with E-state index in [9.17, 15) is 4.79 Å². The molecule has 0 saturated carbocycles. The molecule has 0 saturated heterocycles. The van der Waals surface area contributed by atoms with Crippen LogP contribution in [0.1, 0.15) is 37.3 Å². The number of amides is 1. The fourth-order valence-electron chi connectivity index (χ4n) is 3.56. The second kappa shape index (κ2) is 7.87. The van der Waals surface area contributed by atoms with Crippen LogP contribution in [-0.2, 0) is 4.79 Å². The zero-order chi connectivity index (χ0) is 19.5. The molecule has 4 aromatic rings. The SMILES string of the molecule is C[C@H](NC(=O)CN[C@H](C)c1cccc2ccccc12)c1cc2ccccc2o1. The summed E-state index contributed by atoms with van der Waals surface area (Å²) in [5.41, 5.74) is 2.03. The van der Waals surface area contributed by atoms with Gasteiger partial charge in [0.05, 0.1) is 12.6 Å². The van der Waals surface area contributed by atoms with Crippen LogP contribution in [0.4, 0.5) is 0 Å². The normalized spacial score (nSPS) is 13.5. The molecule has 0 spiro atoms. The number of carbonyl (C=O) groups excluding carboxylic acids is 1. The summed E-state index contributed by atoms with van der Waals surface area (Å²) in [6.45, 7) is 4.26. The Bertz CT molecular complexity index is 1080. The number of nitrogens with one attached hydrogen (secondary N) is 2. The molecule has 0 aliphatic carbocycles. The number of benzene rings is 3. The first-order chi connectivity index (χ1) is 13.6. The van der Waals surface area contributed by atoms with Crippen molar-refractivity contribution >= 4 is 27.6 Å². The smallest absolute Gasteiger partial charge is 0.234 e. The monoisotopic (exact) mass is 372 g/mol. The Hall–Kier alpha value is -3.11. The van der Waals surface area contributed by atoms with Gasteiger partial charge in [0, 0.05) is 11.4 Å². The van der Waals surface area contributed by atoms with Crippen molar-refractivity contribution < 1.29 is 9.21 Å². The van der Waals surface area contributed by atoms with Crippen LogP contribution in [0.15, 0.2) is 77.2 Å². The number of para-hydroxylation sites is 1. The molecule has 0 fully saturated rings. The number of hydrogen-bond acceptors (Lipinski definition) is 3. The highest BCUT2D eigenvalue weighted by Gasteiger charge is 2.15. The number of hydrogen-bond donors (Lipinski definition) is 2. The highest BCUT2D eigenvalue weighted by molar-refractivity contribution is 5.86. The first-order valence-corrected chi connectivity index (χ1v) is 9.60.